The number of aryl methyl sites for hydroxylation is 1. The molecule has 0 bridgehead atoms. The van der Waals surface area contributed by atoms with Gasteiger partial charge >= 0.3 is 6.09 Å². The molecule has 2 N–H and O–H groups in total. The van der Waals surface area contributed by atoms with Gasteiger partial charge in [0.05, 0.1) is 16.8 Å². The Bertz CT molecular complexity index is 1770. The SMILES string of the molecule is CC(C)C(NC(=O)OC(C)(C)C)C(=O)Nc1ccc(Oc2ccc3c(c2)CCC(c2cccc(Oc4ccc([N+](=O)[O-])cn4)c2)O3)nc1. The molecule has 3 heterocycles. The largest absolute Gasteiger partial charge is 0.485 e. The molecule has 5 rings (SSSR count). The summed E-state index contributed by atoms with van der Waals surface area (Å²) < 4.78 is 23.4. The zero-order chi connectivity index (χ0) is 34.4. The molecule has 2 aromatic heterocycles. The first-order valence-electron chi connectivity index (χ1n) is 15.4. The summed E-state index contributed by atoms with van der Waals surface area (Å²) in [5, 5.41) is 16.3. The number of amides is 2. The maximum absolute atomic E-state index is 12.9. The van der Waals surface area contributed by atoms with Crippen LogP contribution in [0.15, 0.2) is 79.1 Å². The molecule has 2 amide bonds. The summed E-state index contributed by atoms with van der Waals surface area (Å²) in [6, 6.07) is 18.4. The number of anilines is 1. The Morgan fingerprint density at radius 2 is 1.67 bits per heavy atom. The number of hydrogen-bond acceptors (Lipinski definition) is 10. The van der Waals surface area contributed by atoms with Crippen molar-refractivity contribution in [3.63, 3.8) is 0 Å². The predicted octanol–water partition coefficient (Wildman–Crippen LogP) is 7.52. The van der Waals surface area contributed by atoms with E-state index < -0.39 is 22.7 Å². The number of aromatic nitrogens is 2. The number of alkyl carbamates (subject to hydrolysis) is 1. The summed E-state index contributed by atoms with van der Waals surface area (Å²) in [5.41, 5.74) is 1.58. The van der Waals surface area contributed by atoms with Crippen LogP contribution in [0.3, 0.4) is 0 Å². The van der Waals surface area contributed by atoms with E-state index in [1.165, 1.54) is 18.3 Å². The van der Waals surface area contributed by atoms with E-state index in [1.54, 1.807) is 45.0 Å². The van der Waals surface area contributed by atoms with Gasteiger partial charge in [-0.2, -0.15) is 0 Å². The lowest BCUT2D eigenvalue weighted by molar-refractivity contribution is -0.385. The number of fused-ring (bicyclic) bond motifs is 1. The fourth-order valence-electron chi connectivity index (χ4n) is 4.93. The van der Waals surface area contributed by atoms with Crippen LogP contribution in [0.5, 0.6) is 29.0 Å². The second-order valence-corrected chi connectivity index (χ2v) is 12.5. The van der Waals surface area contributed by atoms with E-state index in [9.17, 15) is 19.7 Å². The maximum atomic E-state index is 12.9. The fraction of sp³-hybridized carbons (Fsp3) is 0.314. The summed E-state index contributed by atoms with van der Waals surface area (Å²) in [4.78, 5) is 43.9. The molecule has 13 nitrogen and oxygen atoms in total. The van der Waals surface area contributed by atoms with Crippen LogP contribution >= 0.6 is 0 Å². The standard InChI is InChI=1S/C35H37N5O8/c1-21(2)32(39-34(42)48-35(3,4)5)33(41)38-24-10-15-30(36-19-24)46-27-12-14-29-23(18-27)9-13-28(47-29)22-7-6-8-26(17-22)45-31-16-11-25(20-37-31)40(43)44/h6-8,10-12,14-21,28,32H,9,13H2,1-5H3,(H,38,41)(H,39,42). The van der Waals surface area contributed by atoms with Crippen LogP contribution in [-0.2, 0) is 16.0 Å². The molecule has 250 valence electrons. The molecule has 1 aliphatic heterocycles. The summed E-state index contributed by atoms with van der Waals surface area (Å²) in [5.74, 6) is 1.90. The predicted molar refractivity (Wildman–Crippen MR) is 176 cm³/mol. The number of nitrogens with zero attached hydrogens (tertiary/aromatic N) is 3. The Morgan fingerprint density at radius 3 is 2.29 bits per heavy atom. The minimum atomic E-state index is -0.801. The number of nitrogens with one attached hydrogen (secondary N) is 2. The number of benzene rings is 2. The van der Waals surface area contributed by atoms with Crippen LogP contribution in [0.1, 0.15) is 58.3 Å². The van der Waals surface area contributed by atoms with Crippen molar-refractivity contribution in [2.75, 3.05) is 5.32 Å². The average Bonchev–Trinajstić information content (AvgIpc) is 3.03. The maximum Gasteiger partial charge on any atom is 0.408 e. The average molecular weight is 656 g/mol. The second-order valence-electron chi connectivity index (χ2n) is 12.5. The summed E-state index contributed by atoms with van der Waals surface area (Å²) in [7, 11) is 0. The van der Waals surface area contributed by atoms with Crippen molar-refractivity contribution in [1.82, 2.24) is 15.3 Å². The number of hydrogen-bond donors (Lipinski definition) is 2. The molecule has 0 saturated carbocycles. The number of nitro groups is 1. The van der Waals surface area contributed by atoms with Crippen LogP contribution in [-0.4, -0.2) is 38.5 Å². The third kappa shape index (κ3) is 8.96. The van der Waals surface area contributed by atoms with Crippen LogP contribution in [0.2, 0.25) is 0 Å². The molecule has 13 heteroatoms. The lowest BCUT2D eigenvalue weighted by atomic mass is 9.97. The molecule has 2 atom stereocenters. The first-order valence-corrected chi connectivity index (χ1v) is 15.4. The topological polar surface area (TPSA) is 164 Å². The molecular weight excluding hydrogens is 618 g/mol. The first kappa shape index (κ1) is 33.6. The van der Waals surface area contributed by atoms with Gasteiger partial charge in [-0.1, -0.05) is 26.0 Å². The third-order valence-corrected chi connectivity index (χ3v) is 7.21. The third-order valence-electron chi connectivity index (χ3n) is 7.21. The van der Waals surface area contributed by atoms with Crippen molar-refractivity contribution < 1.29 is 33.5 Å². The van der Waals surface area contributed by atoms with Crippen LogP contribution < -0.4 is 24.8 Å². The Kier molecular flexibility index (Phi) is 10.1. The van der Waals surface area contributed by atoms with Gasteiger partial charge in [-0.25, -0.2) is 14.8 Å². The highest BCUT2D eigenvalue weighted by Gasteiger charge is 2.27. The minimum Gasteiger partial charge on any atom is -0.485 e. The van der Waals surface area contributed by atoms with Gasteiger partial charge in [0.15, 0.2) is 0 Å². The lowest BCUT2D eigenvalue weighted by Crippen LogP contribution is -2.48. The molecule has 48 heavy (non-hydrogen) atoms. The van der Waals surface area contributed by atoms with E-state index in [4.69, 9.17) is 18.9 Å². The van der Waals surface area contributed by atoms with Crippen molar-refractivity contribution in [3.8, 4) is 29.0 Å². The van der Waals surface area contributed by atoms with Crippen molar-refractivity contribution in [3.05, 3.63) is 100 Å². The fourth-order valence-corrected chi connectivity index (χ4v) is 4.93. The zero-order valence-electron chi connectivity index (χ0n) is 27.3. The van der Waals surface area contributed by atoms with Gasteiger partial charge in [-0.15, -0.1) is 0 Å². The van der Waals surface area contributed by atoms with Gasteiger partial charge < -0.3 is 29.6 Å². The molecule has 0 radical (unpaired) electrons. The molecule has 4 aromatic rings. The van der Waals surface area contributed by atoms with Gasteiger partial charge in [-0.3, -0.25) is 14.9 Å². The Hall–Kier alpha value is -5.72. The van der Waals surface area contributed by atoms with Crippen molar-refractivity contribution in [2.24, 2.45) is 5.92 Å². The quantitative estimate of drug-likeness (QED) is 0.129. The number of pyridine rings is 2. The first-order chi connectivity index (χ1) is 22.8. The van der Waals surface area contributed by atoms with Gasteiger partial charge in [0, 0.05) is 18.2 Å². The Morgan fingerprint density at radius 1 is 0.958 bits per heavy atom. The summed E-state index contributed by atoms with van der Waals surface area (Å²) in [6.45, 7) is 8.93. The molecule has 1 aliphatic rings. The Balaban J connectivity index is 1.17. The smallest absolute Gasteiger partial charge is 0.408 e. The van der Waals surface area contributed by atoms with E-state index in [-0.39, 0.29) is 29.5 Å². The molecule has 2 aromatic carbocycles. The van der Waals surface area contributed by atoms with Crippen molar-refractivity contribution >= 4 is 23.4 Å². The zero-order valence-corrected chi connectivity index (χ0v) is 27.3. The normalized spacial score (nSPS) is 14.6. The summed E-state index contributed by atoms with van der Waals surface area (Å²) in [6.07, 6.45) is 3.25. The van der Waals surface area contributed by atoms with Gasteiger partial charge in [0.1, 0.15) is 41.2 Å². The van der Waals surface area contributed by atoms with E-state index in [0.717, 1.165) is 35.9 Å². The van der Waals surface area contributed by atoms with Gasteiger partial charge in [0.25, 0.3) is 5.69 Å². The Labute approximate surface area is 277 Å². The highest BCUT2D eigenvalue weighted by atomic mass is 16.6. The molecule has 0 saturated heterocycles. The van der Waals surface area contributed by atoms with Crippen LogP contribution in [0, 0.1) is 16.0 Å². The molecule has 0 aliphatic carbocycles. The monoisotopic (exact) mass is 655 g/mol. The second kappa shape index (κ2) is 14.4. The minimum absolute atomic E-state index is 0.110. The van der Waals surface area contributed by atoms with E-state index >= 15 is 0 Å². The lowest BCUT2D eigenvalue weighted by Gasteiger charge is -2.27. The highest BCUT2D eigenvalue weighted by molar-refractivity contribution is 5.96. The number of carbonyl (C=O) groups is 2. The number of carbonyl (C=O) groups excluding carboxylic acids is 2. The van der Waals surface area contributed by atoms with Gasteiger partial charge in [0.2, 0.25) is 17.7 Å². The molecule has 0 spiro atoms. The van der Waals surface area contributed by atoms with E-state index in [0.29, 0.717) is 23.1 Å². The van der Waals surface area contributed by atoms with E-state index in [2.05, 4.69) is 20.6 Å². The number of ether oxygens (including phenoxy) is 4. The van der Waals surface area contributed by atoms with Gasteiger partial charge in [-0.05, 0) is 87.1 Å². The van der Waals surface area contributed by atoms with E-state index in [1.807, 2.05) is 44.2 Å². The highest BCUT2D eigenvalue weighted by Crippen LogP contribution is 2.38. The number of rotatable bonds is 10. The molecule has 0 fully saturated rings. The van der Waals surface area contributed by atoms with Crippen molar-refractivity contribution in [1.29, 1.82) is 0 Å². The van der Waals surface area contributed by atoms with Crippen LogP contribution in [0.25, 0.3) is 0 Å². The van der Waals surface area contributed by atoms with Crippen LogP contribution in [0.4, 0.5) is 16.2 Å². The summed E-state index contributed by atoms with van der Waals surface area (Å²) >= 11 is 0. The molecule has 2 unspecified atom stereocenters. The molecular formula is C35H37N5O8. The van der Waals surface area contributed by atoms with Crippen molar-refractivity contribution in [2.45, 2.75) is 65.2 Å².